The van der Waals surface area contributed by atoms with Crippen molar-refractivity contribution in [1.29, 1.82) is 0 Å². The molecule has 2 aliphatic heterocycles. The number of ether oxygens (including phenoxy) is 1. The lowest BCUT2D eigenvalue weighted by Crippen LogP contribution is -2.49. The van der Waals surface area contributed by atoms with Crippen LogP contribution < -0.4 is 4.74 Å². The third-order valence-electron chi connectivity index (χ3n) is 5.88. The first kappa shape index (κ1) is 17.7. The van der Waals surface area contributed by atoms with Gasteiger partial charge in [0.05, 0.1) is 12.1 Å². The van der Waals surface area contributed by atoms with E-state index in [-0.39, 0.29) is 5.75 Å². The number of hydrogen-bond acceptors (Lipinski definition) is 4. The molecular formula is C20H26ClN3O2. The van der Waals surface area contributed by atoms with Crippen molar-refractivity contribution in [2.75, 3.05) is 20.2 Å². The molecule has 2 saturated heterocycles. The molecule has 0 unspecified atom stereocenters. The van der Waals surface area contributed by atoms with Gasteiger partial charge in [0, 0.05) is 36.6 Å². The molecule has 3 heterocycles. The zero-order chi connectivity index (χ0) is 18.1. The Hall–Kier alpha value is -1.72. The summed E-state index contributed by atoms with van der Waals surface area (Å²) < 4.78 is 7.46. The number of methoxy groups -OCH3 is 1. The minimum Gasteiger partial charge on any atom is -0.504 e. The van der Waals surface area contributed by atoms with E-state index in [1.54, 1.807) is 13.2 Å². The Morgan fingerprint density at radius 3 is 2.92 bits per heavy atom. The van der Waals surface area contributed by atoms with E-state index < -0.39 is 0 Å². The number of aromatic hydroxyl groups is 1. The molecule has 2 aromatic rings. The molecule has 26 heavy (non-hydrogen) atoms. The molecule has 5 nitrogen and oxygen atoms in total. The lowest BCUT2D eigenvalue weighted by atomic mass is 9.83. The van der Waals surface area contributed by atoms with Crippen LogP contribution >= 0.6 is 11.6 Å². The first-order valence-corrected chi connectivity index (χ1v) is 9.87. The predicted octanol–water partition coefficient (Wildman–Crippen LogP) is 4.18. The van der Waals surface area contributed by atoms with Crippen molar-refractivity contribution in [3.63, 3.8) is 0 Å². The van der Waals surface area contributed by atoms with E-state index in [0.29, 0.717) is 22.7 Å². The van der Waals surface area contributed by atoms with Crippen LogP contribution in [0.4, 0.5) is 0 Å². The second-order valence-electron chi connectivity index (χ2n) is 7.41. The van der Waals surface area contributed by atoms with Gasteiger partial charge in [-0.05, 0) is 50.8 Å². The summed E-state index contributed by atoms with van der Waals surface area (Å²) in [7, 11) is 1.54. The Labute approximate surface area is 159 Å². The van der Waals surface area contributed by atoms with E-state index in [1.165, 1.54) is 51.3 Å². The van der Waals surface area contributed by atoms with Crippen LogP contribution in [0.1, 0.15) is 32.1 Å². The zero-order valence-corrected chi connectivity index (χ0v) is 16.0. The van der Waals surface area contributed by atoms with Crippen LogP contribution in [0.25, 0.3) is 11.4 Å². The van der Waals surface area contributed by atoms with Gasteiger partial charge in [0.2, 0.25) is 0 Å². The second-order valence-corrected chi connectivity index (χ2v) is 7.82. The van der Waals surface area contributed by atoms with Crippen LogP contribution in [0, 0.1) is 5.92 Å². The molecule has 1 aromatic heterocycles. The molecule has 0 bridgehead atoms. The van der Waals surface area contributed by atoms with Gasteiger partial charge in [0.1, 0.15) is 5.82 Å². The number of imidazole rings is 1. The number of phenolic OH excluding ortho intramolecular Hbond substituents is 1. The number of benzene rings is 1. The molecule has 6 heteroatoms. The number of rotatable bonds is 4. The average molecular weight is 376 g/mol. The van der Waals surface area contributed by atoms with Crippen LogP contribution in [0.3, 0.4) is 0 Å². The van der Waals surface area contributed by atoms with Crippen molar-refractivity contribution in [2.45, 2.75) is 44.7 Å². The highest BCUT2D eigenvalue weighted by atomic mass is 35.5. The van der Waals surface area contributed by atoms with Crippen molar-refractivity contribution >= 4 is 11.6 Å². The van der Waals surface area contributed by atoms with Gasteiger partial charge in [-0.25, -0.2) is 4.98 Å². The van der Waals surface area contributed by atoms with Gasteiger partial charge in [-0.15, -0.1) is 0 Å². The Morgan fingerprint density at radius 1 is 1.23 bits per heavy atom. The zero-order valence-electron chi connectivity index (χ0n) is 15.2. The van der Waals surface area contributed by atoms with Crippen LogP contribution in [0.2, 0.25) is 5.02 Å². The summed E-state index contributed by atoms with van der Waals surface area (Å²) in [5.41, 5.74) is 0.794. The van der Waals surface area contributed by atoms with Gasteiger partial charge in [0.25, 0.3) is 0 Å². The second kappa shape index (κ2) is 7.49. The fraction of sp³-hybridized carbons (Fsp3) is 0.550. The molecule has 140 valence electrons. The lowest BCUT2D eigenvalue weighted by Gasteiger charge is -2.44. The Kier molecular flexibility index (Phi) is 5.09. The van der Waals surface area contributed by atoms with Crippen molar-refractivity contribution in [2.24, 2.45) is 5.92 Å². The summed E-state index contributed by atoms with van der Waals surface area (Å²) in [6.07, 6.45) is 10.4. The lowest BCUT2D eigenvalue weighted by molar-refractivity contribution is 0.0521. The molecular weight excluding hydrogens is 350 g/mol. The van der Waals surface area contributed by atoms with Gasteiger partial charge >= 0.3 is 0 Å². The third-order valence-corrected chi connectivity index (χ3v) is 6.20. The fourth-order valence-electron chi connectivity index (χ4n) is 4.62. The quantitative estimate of drug-likeness (QED) is 0.870. The highest BCUT2D eigenvalue weighted by molar-refractivity contribution is 6.33. The standard InChI is InChI=1S/C20H26ClN3O2/c1-26-19-11-15(16(21)12-18(19)25)20-22-7-10-24(20)13-14-5-4-9-23-8-3-2-6-17(14)23/h7,10-12,14,17,25H,2-6,8-9,13H2,1H3/t14-,17+/m0/s1. The van der Waals surface area contributed by atoms with Crippen molar-refractivity contribution in [1.82, 2.24) is 14.5 Å². The maximum atomic E-state index is 9.93. The molecule has 1 aromatic carbocycles. The van der Waals surface area contributed by atoms with Crippen molar-refractivity contribution in [3.05, 3.63) is 29.5 Å². The van der Waals surface area contributed by atoms with Gasteiger partial charge in [-0.3, -0.25) is 0 Å². The van der Waals surface area contributed by atoms with Gasteiger partial charge in [-0.2, -0.15) is 0 Å². The summed E-state index contributed by atoms with van der Waals surface area (Å²) in [5.74, 6) is 1.94. The molecule has 2 fully saturated rings. The highest BCUT2D eigenvalue weighted by Crippen LogP contribution is 2.38. The minimum atomic E-state index is 0.0458. The normalized spacial score (nSPS) is 23.6. The number of aromatic nitrogens is 2. The van der Waals surface area contributed by atoms with E-state index in [4.69, 9.17) is 16.3 Å². The smallest absolute Gasteiger partial charge is 0.161 e. The summed E-state index contributed by atoms with van der Waals surface area (Å²) >= 11 is 6.40. The van der Waals surface area contributed by atoms with Gasteiger partial charge < -0.3 is 19.3 Å². The van der Waals surface area contributed by atoms with Crippen LogP contribution in [0.15, 0.2) is 24.5 Å². The number of nitrogens with zero attached hydrogens (tertiary/aromatic N) is 3. The summed E-state index contributed by atoms with van der Waals surface area (Å²) in [4.78, 5) is 7.23. The molecule has 0 radical (unpaired) electrons. The number of halogens is 1. The Bertz CT molecular complexity index is 774. The maximum absolute atomic E-state index is 9.93. The monoisotopic (exact) mass is 375 g/mol. The van der Waals surface area contributed by atoms with E-state index >= 15 is 0 Å². The topological polar surface area (TPSA) is 50.5 Å². The maximum Gasteiger partial charge on any atom is 0.161 e. The molecule has 0 spiro atoms. The number of fused-ring (bicyclic) bond motifs is 1. The summed E-state index contributed by atoms with van der Waals surface area (Å²) in [5, 5.41) is 10.4. The van der Waals surface area contributed by atoms with E-state index in [0.717, 1.165) is 17.9 Å². The van der Waals surface area contributed by atoms with Gasteiger partial charge in [-0.1, -0.05) is 18.0 Å². The molecule has 0 aliphatic carbocycles. The van der Waals surface area contributed by atoms with E-state index in [9.17, 15) is 5.11 Å². The number of hydrogen-bond donors (Lipinski definition) is 1. The van der Waals surface area contributed by atoms with Gasteiger partial charge in [0.15, 0.2) is 11.5 Å². The van der Waals surface area contributed by atoms with Crippen molar-refractivity contribution in [3.8, 4) is 22.9 Å². The molecule has 4 rings (SSSR count). The van der Waals surface area contributed by atoms with E-state index in [2.05, 4.69) is 14.5 Å². The van der Waals surface area contributed by atoms with E-state index in [1.807, 2.05) is 12.4 Å². The molecule has 1 N–H and O–H groups in total. The first-order valence-electron chi connectivity index (χ1n) is 9.49. The Balaban J connectivity index is 1.61. The van der Waals surface area contributed by atoms with Crippen molar-refractivity contribution < 1.29 is 9.84 Å². The predicted molar refractivity (Wildman–Crippen MR) is 103 cm³/mol. The number of phenols is 1. The van der Waals surface area contributed by atoms with Crippen LogP contribution in [-0.4, -0.2) is 45.8 Å². The molecule has 2 aliphatic rings. The summed E-state index contributed by atoms with van der Waals surface area (Å²) in [6.45, 7) is 3.45. The van der Waals surface area contributed by atoms with Crippen LogP contribution in [-0.2, 0) is 6.54 Å². The number of piperidine rings is 2. The SMILES string of the molecule is COc1cc(-c2nccn2C[C@@H]2CCCN3CCCC[C@H]23)c(Cl)cc1O. The highest BCUT2D eigenvalue weighted by Gasteiger charge is 2.33. The average Bonchev–Trinajstić information content (AvgIpc) is 3.10. The molecule has 2 atom stereocenters. The first-order chi connectivity index (χ1) is 12.7. The fourth-order valence-corrected chi connectivity index (χ4v) is 4.86. The molecule has 0 amide bonds. The third kappa shape index (κ3) is 3.30. The van der Waals surface area contributed by atoms with Crippen LogP contribution in [0.5, 0.6) is 11.5 Å². The summed E-state index contributed by atoms with van der Waals surface area (Å²) in [6, 6.07) is 3.99. The molecule has 0 saturated carbocycles. The largest absolute Gasteiger partial charge is 0.504 e. The minimum absolute atomic E-state index is 0.0458. The Morgan fingerprint density at radius 2 is 2.08 bits per heavy atom.